The van der Waals surface area contributed by atoms with Gasteiger partial charge in [-0.15, -0.1) is 0 Å². The zero-order valence-corrected chi connectivity index (χ0v) is 10.8. The van der Waals surface area contributed by atoms with Gasteiger partial charge >= 0.3 is 0 Å². The van der Waals surface area contributed by atoms with Crippen LogP contribution in [0.25, 0.3) is 0 Å². The van der Waals surface area contributed by atoms with Crippen molar-refractivity contribution in [2.75, 3.05) is 13.1 Å². The van der Waals surface area contributed by atoms with Crippen LogP contribution in [0, 0.1) is 13.8 Å². The highest BCUT2D eigenvalue weighted by Gasteiger charge is 2.40. The molecule has 0 aliphatic carbocycles. The van der Waals surface area contributed by atoms with Crippen LogP contribution in [-0.2, 0) is 0 Å². The first-order valence-electron chi connectivity index (χ1n) is 6.10. The van der Waals surface area contributed by atoms with E-state index in [4.69, 9.17) is 5.73 Å². The van der Waals surface area contributed by atoms with Gasteiger partial charge in [-0.3, -0.25) is 4.79 Å². The highest BCUT2D eigenvalue weighted by Crippen LogP contribution is 2.24. The van der Waals surface area contributed by atoms with Gasteiger partial charge in [0.25, 0.3) is 5.91 Å². The number of carbonyl (C=O) groups is 1. The number of likely N-dealkylation sites (tertiary alicyclic amines) is 1. The summed E-state index contributed by atoms with van der Waals surface area (Å²) in [5.74, 6) is 0.108. The van der Waals surface area contributed by atoms with Gasteiger partial charge in [0.1, 0.15) is 0 Å². The van der Waals surface area contributed by atoms with Gasteiger partial charge in [0, 0.05) is 18.7 Å². The van der Waals surface area contributed by atoms with Crippen molar-refractivity contribution in [1.29, 1.82) is 0 Å². The molecule has 0 unspecified atom stereocenters. The molecule has 0 atom stereocenters. The summed E-state index contributed by atoms with van der Waals surface area (Å²) >= 11 is 0. The fourth-order valence-electron chi connectivity index (χ4n) is 2.31. The SMILES string of the molecule is CCC1(N)CN(C(=O)c2ccc(C)cc2C)C1. The Labute approximate surface area is 103 Å². The molecule has 1 heterocycles. The van der Waals surface area contributed by atoms with Crippen molar-refractivity contribution >= 4 is 5.91 Å². The molecule has 3 nitrogen and oxygen atoms in total. The van der Waals surface area contributed by atoms with Crippen LogP contribution < -0.4 is 5.73 Å². The van der Waals surface area contributed by atoms with Crippen molar-refractivity contribution in [3.05, 3.63) is 34.9 Å². The lowest BCUT2D eigenvalue weighted by molar-refractivity contribution is 0.0400. The fourth-order valence-corrected chi connectivity index (χ4v) is 2.31. The number of aryl methyl sites for hydroxylation is 2. The minimum absolute atomic E-state index is 0.108. The number of rotatable bonds is 2. The molecular formula is C14H20N2O. The minimum atomic E-state index is -0.158. The molecule has 1 aromatic rings. The Morgan fingerprint density at radius 3 is 2.59 bits per heavy atom. The number of nitrogens with zero attached hydrogens (tertiary/aromatic N) is 1. The van der Waals surface area contributed by atoms with E-state index in [0.717, 1.165) is 17.5 Å². The Hall–Kier alpha value is -1.35. The molecule has 1 aliphatic heterocycles. The van der Waals surface area contributed by atoms with Crippen LogP contribution in [-0.4, -0.2) is 29.4 Å². The fraction of sp³-hybridized carbons (Fsp3) is 0.500. The Balaban J connectivity index is 2.12. The molecule has 2 rings (SSSR count). The molecule has 1 aromatic carbocycles. The molecule has 1 saturated heterocycles. The van der Waals surface area contributed by atoms with Gasteiger partial charge in [0.05, 0.1) is 5.54 Å². The largest absolute Gasteiger partial charge is 0.335 e. The van der Waals surface area contributed by atoms with Crippen molar-refractivity contribution in [3.8, 4) is 0 Å². The quantitative estimate of drug-likeness (QED) is 0.846. The molecule has 0 bridgehead atoms. The highest BCUT2D eigenvalue weighted by atomic mass is 16.2. The Morgan fingerprint density at radius 1 is 1.41 bits per heavy atom. The summed E-state index contributed by atoms with van der Waals surface area (Å²) in [6.45, 7) is 7.44. The Bertz CT molecular complexity index is 448. The second kappa shape index (κ2) is 4.15. The predicted octanol–water partition coefficient (Wildman–Crippen LogP) is 1.87. The van der Waals surface area contributed by atoms with E-state index >= 15 is 0 Å². The number of hydrogen-bond donors (Lipinski definition) is 1. The smallest absolute Gasteiger partial charge is 0.254 e. The van der Waals surface area contributed by atoms with Gasteiger partial charge in [-0.05, 0) is 31.9 Å². The molecule has 0 spiro atoms. The molecule has 0 aromatic heterocycles. The summed E-state index contributed by atoms with van der Waals surface area (Å²) in [6, 6.07) is 5.94. The van der Waals surface area contributed by atoms with E-state index in [9.17, 15) is 4.79 Å². The first kappa shape index (κ1) is 12.1. The summed E-state index contributed by atoms with van der Waals surface area (Å²) in [4.78, 5) is 14.1. The van der Waals surface area contributed by atoms with E-state index in [1.54, 1.807) is 0 Å². The molecule has 1 amide bonds. The van der Waals surface area contributed by atoms with Gasteiger partial charge in [0.2, 0.25) is 0 Å². The van der Waals surface area contributed by atoms with Crippen LogP contribution in [0.4, 0.5) is 0 Å². The highest BCUT2D eigenvalue weighted by molar-refractivity contribution is 5.96. The molecule has 1 fully saturated rings. The maximum Gasteiger partial charge on any atom is 0.254 e. The molecule has 0 saturated carbocycles. The monoisotopic (exact) mass is 232 g/mol. The summed E-state index contributed by atoms with van der Waals surface area (Å²) in [7, 11) is 0. The van der Waals surface area contributed by atoms with Crippen LogP contribution in [0.3, 0.4) is 0 Å². The second-order valence-electron chi connectivity index (χ2n) is 5.20. The van der Waals surface area contributed by atoms with Gasteiger partial charge in [-0.1, -0.05) is 24.6 Å². The molecular weight excluding hydrogens is 212 g/mol. The lowest BCUT2D eigenvalue weighted by Crippen LogP contribution is -2.68. The first-order valence-corrected chi connectivity index (χ1v) is 6.10. The van der Waals surface area contributed by atoms with Gasteiger partial charge in [-0.2, -0.15) is 0 Å². The molecule has 17 heavy (non-hydrogen) atoms. The van der Waals surface area contributed by atoms with Crippen molar-refractivity contribution in [2.24, 2.45) is 5.73 Å². The lowest BCUT2D eigenvalue weighted by Gasteiger charge is -2.47. The molecule has 1 aliphatic rings. The first-order chi connectivity index (χ1) is 7.95. The van der Waals surface area contributed by atoms with E-state index in [1.165, 1.54) is 5.56 Å². The van der Waals surface area contributed by atoms with Crippen LogP contribution in [0.2, 0.25) is 0 Å². The van der Waals surface area contributed by atoms with Crippen molar-refractivity contribution in [2.45, 2.75) is 32.7 Å². The number of amides is 1. The average Bonchev–Trinajstić information content (AvgIpc) is 2.24. The summed E-state index contributed by atoms with van der Waals surface area (Å²) < 4.78 is 0. The predicted molar refractivity (Wildman–Crippen MR) is 69.0 cm³/mol. The molecule has 0 radical (unpaired) electrons. The van der Waals surface area contributed by atoms with Crippen LogP contribution in [0.5, 0.6) is 0 Å². The normalized spacial score (nSPS) is 17.8. The Kier molecular flexibility index (Phi) is 2.96. The van der Waals surface area contributed by atoms with Crippen LogP contribution in [0.1, 0.15) is 34.8 Å². The third-order valence-electron chi connectivity index (χ3n) is 3.62. The van der Waals surface area contributed by atoms with Crippen LogP contribution >= 0.6 is 0 Å². The number of nitrogens with two attached hydrogens (primary N) is 1. The van der Waals surface area contributed by atoms with Gasteiger partial charge < -0.3 is 10.6 Å². The summed E-state index contributed by atoms with van der Waals surface area (Å²) in [6.07, 6.45) is 0.920. The van der Waals surface area contributed by atoms with Crippen molar-refractivity contribution < 1.29 is 4.79 Å². The average molecular weight is 232 g/mol. The zero-order valence-electron chi connectivity index (χ0n) is 10.8. The maximum absolute atomic E-state index is 12.2. The maximum atomic E-state index is 12.2. The topological polar surface area (TPSA) is 46.3 Å². The van der Waals surface area contributed by atoms with E-state index in [2.05, 4.69) is 6.92 Å². The summed E-state index contributed by atoms with van der Waals surface area (Å²) in [5.41, 5.74) is 8.95. The van der Waals surface area contributed by atoms with E-state index < -0.39 is 0 Å². The zero-order chi connectivity index (χ0) is 12.6. The summed E-state index contributed by atoms with van der Waals surface area (Å²) in [5, 5.41) is 0. The Morgan fingerprint density at radius 2 is 2.06 bits per heavy atom. The standard InChI is InChI=1S/C14H20N2O/c1-4-14(15)8-16(9-14)13(17)12-6-5-10(2)7-11(12)3/h5-7H,4,8-9,15H2,1-3H3. The van der Waals surface area contributed by atoms with Crippen molar-refractivity contribution in [3.63, 3.8) is 0 Å². The van der Waals surface area contributed by atoms with Crippen molar-refractivity contribution in [1.82, 2.24) is 4.90 Å². The van der Waals surface area contributed by atoms with E-state index in [1.807, 2.05) is 36.9 Å². The number of carbonyl (C=O) groups excluding carboxylic acids is 1. The van der Waals surface area contributed by atoms with E-state index in [0.29, 0.717) is 13.1 Å². The van der Waals surface area contributed by atoms with Crippen LogP contribution in [0.15, 0.2) is 18.2 Å². The van der Waals surface area contributed by atoms with E-state index in [-0.39, 0.29) is 11.4 Å². The number of hydrogen-bond acceptors (Lipinski definition) is 2. The second-order valence-corrected chi connectivity index (χ2v) is 5.20. The third-order valence-corrected chi connectivity index (χ3v) is 3.62. The molecule has 3 heteroatoms. The number of benzene rings is 1. The minimum Gasteiger partial charge on any atom is -0.335 e. The lowest BCUT2D eigenvalue weighted by atomic mass is 9.87. The van der Waals surface area contributed by atoms with Gasteiger partial charge in [0.15, 0.2) is 0 Å². The van der Waals surface area contributed by atoms with Gasteiger partial charge in [-0.25, -0.2) is 0 Å². The third kappa shape index (κ3) is 2.20. The molecule has 92 valence electrons. The molecule has 2 N–H and O–H groups in total.